The molecule has 0 fully saturated rings. The van der Waals surface area contributed by atoms with Gasteiger partial charge in [0.25, 0.3) is 0 Å². The molecule has 48 heavy (non-hydrogen) atoms. The van der Waals surface area contributed by atoms with Crippen LogP contribution < -0.4 is 0 Å². The summed E-state index contributed by atoms with van der Waals surface area (Å²) in [5.41, 5.74) is 3.90. The minimum atomic E-state index is -3.94. The molecule has 7 rings (SSSR count). The summed E-state index contributed by atoms with van der Waals surface area (Å²) >= 11 is 0. The number of fused-ring (bicyclic) bond motifs is 6. The highest BCUT2D eigenvalue weighted by Crippen LogP contribution is 2.54. The zero-order valence-electron chi connectivity index (χ0n) is 24.6. The van der Waals surface area contributed by atoms with Gasteiger partial charge in [0.2, 0.25) is 19.7 Å². The largest absolute Gasteiger partial charge is 0.219 e. The fourth-order valence-electron chi connectivity index (χ4n) is 6.30. The molecule has 2 aliphatic carbocycles. The van der Waals surface area contributed by atoms with E-state index in [1.807, 2.05) is 24.3 Å². The summed E-state index contributed by atoms with van der Waals surface area (Å²) < 4.78 is 54.4. The summed E-state index contributed by atoms with van der Waals surface area (Å²) in [6, 6.07) is 36.0. The lowest BCUT2D eigenvalue weighted by atomic mass is 9.93. The second-order valence-electron chi connectivity index (χ2n) is 10.9. The molecule has 0 heterocycles. The van der Waals surface area contributed by atoms with Gasteiger partial charge < -0.3 is 0 Å². The van der Waals surface area contributed by atoms with Crippen LogP contribution in [0.4, 0.5) is 0 Å². The van der Waals surface area contributed by atoms with Crippen molar-refractivity contribution in [3.63, 3.8) is 0 Å². The highest BCUT2D eigenvalue weighted by molar-refractivity contribution is 7.91. The Labute approximate surface area is 276 Å². The van der Waals surface area contributed by atoms with Gasteiger partial charge in [-0.1, -0.05) is 48.5 Å². The Hall–Kier alpha value is -6.56. The molecular weight excluding hydrogens is 641 g/mol. The monoisotopic (exact) mass is 658 g/mol. The van der Waals surface area contributed by atoms with E-state index < -0.39 is 19.7 Å². The van der Waals surface area contributed by atoms with Gasteiger partial charge in [0.15, 0.2) is 0 Å². The van der Waals surface area contributed by atoms with E-state index in [2.05, 4.69) is 0 Å². The predicted octanol–water partition coefficient (Wildman–Crippen LogP) is 7.01. The fourth-order valence-corrected chi connectivity index (χ4v) is 8.91. The summed E-state index contributed by atoms with van der Waals surface area (Å²) in [6.45, 7) is 0. The van der Waals surface area contributed by atoms with E-state index in [1.165, 1.54) is 48.5 Å². The Bertz CT molecular complexity index is 2500. The summed E-state index contributed by atoms with van der Waals surface area (Å²) in [7, 11) is -7.88. The summed E-state index contributed by atoms with van der Waals surface area (Å²) in [6.07, 6.45) is 0. The number of sulfone groups is 2. The van der Waals surface area contributed by atoms with Crippen LogP contribution in [-0.2, 0) is 19.7 Å². The molecule has 0 unspecified atom stereocenters. The first-order valence-corrected chi connectivity index (χ1v) is 17.3. The molecule has 0 saturated carbocycles. The Morgan fingerprint density at radius 2 is 0.708 bits per heavy atom. The van der Waals surface area contributed by atoms with Crippen molar-refractivity contribution in [1.29, 1.82) is 21.0 Å². The van der Waals surface area contributed by atoms with E-state index in [1.54, 1.807) is 60.7 Å². The molecule has 10 heteroatoms. The van der Waals surface area contributed by atoms with Crippen molar-refractivity contribution in [2.75, 3.05) is 0 Å². The first-order chi connectivity index (χ1) is 23.1. The Balaban J connectivity index is 1.52. The maximum Gasteiger partial charge on any atom is 0.206 e. The lowest BCUT2D eigenvalue weighted by Gasteiger charge is -2.09. The smallest absolute Gasteiger partial charge is 0.206 e. The van der Waals surface area contributed by atoms with Gasteiger partial charge in [0.1, 0.15) is 35.4 Å². The molecule has 0 radical (unpaired) electrons. The molecule has 0 amide bonds. The van der Waals surface area contributed by atoms with E-state index in [4.69, 9.17) is 0 Å². The van der Waals surface area contributed by atoms with Crippen molar-refractivity contribution in [3.8, 4) is 46.5 Å². The summed E-state index contributed by atoms with van der Waals surface area (Å²) in [4.78, 5) is 0.190. The van der Waals surface area contributed by atoms with Gasteiger partial charge in [0, 0.05) is 11.1 Å². The lowest BCUT2D eigenvalue weighted by Crippen LogP contribution is -2.02. The number of nitrogens with zero attached hydrogens (tertiary/aromatic N) is 4. The van der Waals surface area contributed by atoms with Crippen molar-refractivity contribution >= 4 is 30.8 Å². The molecule has 0 saturated heterocycles. The first kappa shape index (κ1) is 30.1. The minimum absolute atomic E-state index is 0.000152. The maximum absolute atomic E-state index is 13.6. The number of benzene rings is 5. The third-order valence-electron chi connectivity index (χ3n) is 8.47. The summed E-state index contributed by atoms with van der Waals surface area (Å²) in [5, 5.41) is 39.8. The molecule has 2 aliphatic rings. The Morgan fingerprint density at radius 1 is 0.375 bits per heavy atom. The number of nitriles is 4. The predicted molar refractivity (Wildman–Crippen MR) is 176 cm³/mol. The van der Waals surface area contributed by atoms with Gasteiger partial charge in [-0.05, 0) is 105 Å². The zero-order valence-corrected chi connectivity index (χ0v) is 26.3. The molecule has 8 nitrogen and oxygen atoms in total. The van der Waals surface area contributed by atoms with Gasteiger partial charge in [-0.2, -0.15) is 21.0 Å². The van der Waals surface area contributed by atoms with Crippen LogP contribution in [0.2, 0.25) is 0 Å². The quantitative estimate of drug-likeness (QED) is 0.182. The zero-order chi connectivity index (χ0) is 33.8. The SMILES string of the molecule is N#CC(C#N)=C1c2ccc(S(=O)(=O)c3ccccc3)cc2-c2cc3c(cc21)-c1cc(S(=O)(=O)c2ccccc2)ccc1C3=C(C#N)C#N. The molecule has 5 aromatic carbocycles. The number of rotatable bonds is 4. The number of hydrogen-bond acceptors (Lipinski definition) is 8. The molecule has 5 aromatic rings. The van der Waals surface area contributed by atoms with Gasteiger partial charge in [-0.15, -0.1) is 0 Å². The van der Waals surface area contributed by atoms with Crippen molar-refractivity contribution < 1.29 is 16.8 Å². The summed E-state index contributed by atoms with van der Waals surface area (Å²) in [5.74, 6) is 0. The van der Waals surface area contributed by atoms with Gasteiger partial charge >= 0.3 is 0 Å². The topological polar surface area (TPSA) is 163 Å². The van der Waals surface area contributed by atoms with E-state index in [0.29, 0.717) is 55.7 Å². The average Bonchev–Trinajstić information content (AvgIpc) is 3.60. The standard InChI is InChI=1S/C38H18N4O4S2/c39-19-23(20-40)37-29-13-11-27(47(43,44)25-7-3-1-4-8-25)15-31(29)33-17-36-34(18-35(33)37)32-16-28(48(45,46)26-9-5-2-6-10-26)12-14-30(32)38(36)24(21-41)22-42/h1-18H. The average molecular weight is 659 g/mol. The van der Waals surface area contributed by atoms with Crippen LogP contribution in [0.3, 0.4) is 0 Å². The highest BCUT2D eigenvalue weighted by atomic mass is 32.2. The lowest BCUT2D eigenvalue weighted by molar-refractivity contribution is 0.594. The number of hydrogen-bond donors (Lipinski definition) is 0. The van der Waals surface area contributed by atoms with Crippen molar-refractivity contribution in [2.45, 2.75) is 19.6 Å². The van der Waals surface area contributed by atoms with Gasteiger partial charge in [-0.3, -0.25) is 0 Å². The molecule has 0 bridgehead atoms. The van der Waals surface area contributed by atoms with E-state index in [0.717, 1.165) is 0 Å². The van der Waals surface area contributed by atoms with Crippen LogP contribution in [0, 0.1) is 45.3 Å². The third kappa shape index (κ3) is 4.37. The minimum Gasteiger partial charge on any atom is -0.219 e. The van der Waals surface area contributed by atoms with Crippen LogP contribution in [0.25, 0.3) is 33.4 Å². The Morgan fingerprint density at radius 3 is 1.04 bits per heavy atom. The second kappa shape index (κ2) is 11.1. The molecule has 0 aromatic heterocycles. The molecule has 0 N–H and O–H groups in total. The fraction of sp³-hybridized carbons (Fsp3) is 0. The molecule has 0 spiro atoms. The van der Waals surface area contributed by atoms with Gasteiger partial charge in [0.05, 0.1) is 19.6 Å². The Kier molecular flexibility index (Phi) is 6.93. The number of allylic oxidation sites excluding steroid dienone is 2. The van der Waals surface area contributed by atoms with Crippen molar-refractivity contribution in [1.82, 2.24) is 0 Å². The molecule has 0 atom stereocenters. The van der Waals surface area contributed by atoms with Crippen LogP contribution >= 0.6 is 0 Å². The third-order valence-corrected chi connectivity index (χ3v) is 12.0. The van der Waals surface area contributed by atoms with Crippen LogP contribution in [0.5, 0.6) is 0 Å². The van der Waals surface area contributed by atoms with Crippen LogP contribution in [-0.4, -0.2) is 16.8 Å². The van der Waals surface area contributed by atoms with Crippen LogP contribution in [0.15, 0.2) is 140 Å². The van der Waals surface area contributed by atoms with Crippen molar-refractivity contribution in [3.05, 3.63) is 143 Å². The van der Waals surface area contributed by atoms with Crippen molar-refractivity contribution in [2.24, 2.45) is 0 Å². The van der Waals surface area contributed by atoms with E-state index in [9.17, 15) is 37.9 Å². The molecule has 226 valence electrons. The normalized spacial score (nSPS) is 12.3. The van der Waals surface area contributed by atoms with Gasteiger partial charge in [-0.25, -0.2) is 16.8 Å². The highest BCUT2D eigenvalue weighted by Gasteiger charge is 2.35. The molecule has 0 aliphatic heterocycles. The molecular formula is C38H18N4O4S2. The van der Waals surface area contributed by atoms with Crippen LogP contribution in [0.1, 0.15) is 22.3 Å². The first-order valence-electron chi connectivity index (χ1n) is 14.3. The van der Waals surface area contributed by atoms with E-state index in [-0.39, 0.29) is 30.7 Å². The van der Waals surface area contributed by atoms with E-state index >= 15 is 0 Å². The maximum atomic E-state index is 13.6. The second-order valence-corrected chi connectivity index (χ2v) is 14.8.